The van der Waals surface area contributed by atoms with Crippen LogP contribution in [0.3, 0.4) is 0 Å². The largest absolute Gasteiger partial charge is 0.344 e. The summed E-state index contributed by atoms with van der Waals surface area (Å²) in [7, 11) is 0. The predicted molar refractivity (Wildman–Crippen MR) is 76.9 cm³/mol. The Morgan fingerprint density at radius 3 is 1.40 bits per heavy atom. The SMILES string of the molecule is C[C@@H]1C[C@H](C)O[C@@](C)(OO[C@]2(C)C[C@@H](C)C[C@@H](C)O2)C1. The second-order valence-electron chi connectivity index (χ2n) is 7.38. The molecule has 4 heteroatoms. The highest BCUT2D eigenvalue weighted by atomic mass is 17.3. The first-order valence-corrected chi connectivity index (χ1v) is 7.92. The molecule has 6 atom stereocenters. The predicted octanol–water partition coefficient (Wildman–Crippen LogP) is 4.04. The Morgan fingerprint density at radius 1 is 0.750 bits per heavy atom. The molecule has 0 aliphatic carbocycles. The van der Waals surface area contributed by atoms with Crippen LogP contribution >= 0.6 is 0 Å². The summed E-state index contributed by atoms with van der Waals surface area (Å²) in [6.07, 6.45) is 4.23. The number of ether oxygens (including phenoxy) is 2. The quantitative estimate of drug-likeness (QED) is 0.579. The molecule has 20 heavy (non-hydrogen) atoms. The van der Waals surface area contributed by atoms with E-state index in [1.165, 1.54) is 0 Å². The summed E-state index contributed by atoms with van der Waals surface area (Å²) < 4.78 is 11.9. The van der Waals surface area contributed by atoms with Crippen molar-refractivity contribution in [3.8, 4) is 0 Å². The molecule has 2 heterocycles. The Kier molecular flexibility index (Phi) is 4.80. The van der Waals surface area contributed by atoms with Crippen molar-refractivity contribution in [3.05, 3.63) is 0 Å². The van der Waals surface area contributed by atoms with Gasteiger partial charge in [0.2, 0.25) is 0 Å². The minimum atomic E-state index is -0.673. The standard InChI is InChI=1S/C16H30O4/c1-11-7-13(3)17-15(5,9-11)19-20-16(6)10-12(2)8-14(4)18-16/h11-14H,7-10H2,1-6H3/t11-,12+,13+,14-,15+,16-. The van der Waals surface area contributed by atoms with Crippen LogP contribution in [-0.4, -0.2) is 23.8 Å². The van der Waals surface area contributed by atoms with Crippen LogP contribution in [0.5, 0.6) is 0 Å². The average molecular weight is 286 g/mol. The number of hydrogen-bond donors (Lipinski definition) is 0. The van der Waals surface area contributed by atoms with Gasteiger partial charge in [-0.1, -0.05) is 13.8 Å². The van der Waals surface area contributed by atoms with Crippen LogP contribution in [0.25, 0.3) is 0 Å². The topological polar surface area (TPSA) is 36.9 Å². The summed E-state index contributed by atoms with van der Waals surface area (Å²) in [6, 6.07) is 0. The Morgan fingerprint density at radius 2 is 1.10 bits per heavy atom. The van der Waals surface area contributed by atoms with Crippen LogP contribution in [0.15, 0.2) is 0 Å². The molecule has 118 valence electrons. The van der Waals surface area contributed by atoms with Gasteiger partial charge in [-0.15, -0.1) is 0 Å². The van der Waals surface area contributed by atoms with E-state index in [1.807, 2.05) is 13.8 Å². The highest BCUT2D eigenvalue weighted by molar-refractivity contribution is 4.78. The fraction of sp³-hybridized carbons (Fsp3) is 1.00. The lowest BCUT2D eigenvalue weighted by Gasteiger charge is -2.43. The Hall–Kier alpha value is -0.160. The van der Waals surface area contributed by atoms with Gasteiger partial charge in [0.25, 0.3) is 0 Å². The molecular formula is C16H30O4. The van der Waals surface area contributed by atoms with Gasteiger partial charge in [-0.3, -0.25) is 0 Å². The minimum Gasteiger partial charge on any atom is -0.344 e. The van der Waals surface area contributed by atoms with Gasteiger partial charge in [0.05, 0.1) is 12.2 Å². The molecule has 2 fully saturated rings. The van der Waals surface area contributed by atoms with E-state index in [9.17, 15) is 0 Å². The van der Waals surface area contributed by atoms with Gasteiger partial charge in [-0.25, -0.2) is 0 Å². The zero-order chi connectivity index (χ0) is 15.0. The molecule has 2 saturated heterocycles. The minimum absolute atomic E-state index is 0.199. The lowest BCUT2D eigenvalue weighted by Crippen LogP contribution is -2.48. The normalized spacial score (nSPS) is 50.1. The van der Waals surface area contributed by atoms with Crippen LogP contribution in [0, 0.1) is 11.8 Å². The second kappa shape index (κ2) is 5.91. The van der Waals surface area contributed by atoms with Crippen LogP contribution in [0.1, 0.15) is 67.2 Å². The third-order valence-electron chi connectivity index (χ3n) is 4.20. The molecule has 2 aliphatic rings. The number of hydrogen-bond acceptors (Lipinski definition) is 4. The average Bonchev–Trinajstić information content (AvgIpc) is 2.23. The summed E-state index contributed by atoms with van der Waals surface area (Å²) in [5.74, 6) is -0.198. The summed E-state index contributed by atoms with van der Waals surface area (Å²) in [4.78, 5) is 11.4. The van der Waals surface area contributed by atoms with Crippen molar-refractivity contribution in [2.75, 3.05) is 0 Å². The van der Waals surface area contributed by atoms with Crippen molar-refractivity contribution in [1.82, 2.24) is 0 Å². The molecule has 0 saturated carbocycles. The van der Waals surface area contributed by atoms with E-state index < -0.39 is 11.6 Å². The molecule has 0 N–H and O–H groups in total. The zero-order valence-corrected chi connectivity index (χ0v) is 13.8. The van der Waals surface area contributed by atoms with Gasteiger partial charge >= 0.3 is 0 Å². The fourth-order valence-electron chi connectivity index (χ4n) is 3.89. The van der Waals surface area contributed by atoms with E-state index in [0.717, 1.165) is 25.7 Å². The Labute approximate surface area is 123 Å². The Balaban J connectivity index is 1.93. The molecule has 2 aliphatic heterocycles. The first-order chi connectivity index (χ1) is 9.20. The van der Waals surface area contributed by atoms with Crippen LogP contribution in [0.2, 0.25) is 0 Å². The molecule has 0 unspecified atom stereocenters. The van der Waals surface area contributed by atoms with Crippen molar-refractivity contribution in [2.24, 2.45) is 11.8 Å². The van der Waals surface area contributed by atoms with E-state index in [-0.39, 0.29) is 12.2 Å². The summed E-state index contributed by atoms with van der Waals surface area (Å²) >= 11 is 0. The highest BCUT2D eigenvalue weighted by Gasteiger charge is 2.42. The van der Waals surface area contributed by atoms with Gasteiger partial charge in [-0.05, 0) is 52.4 Å². The first-order valence-electron chi connectivity index (χ1n) is 7.92. The maximum Gasteiger partial charge on any atom is 0.199 e. The Bertz CT molecular complexity index is 278. The second-order valence-corrected chi connectivity index (χ2v) is 7.38. The van der Waals surface area contributed by atoms with E-state index in [0.29, 0.717) is 11.8 Å². The molecule has 0 amide bonds. The maximum absolute atomic E-state index is 5.93. The monoisotopic (exact) mass is 286 g/mol. The third-order valence-corrected chi connectivity index (χ3v) is 4.20. The van der Waals surface area contributed by atoms with E-state index in [1.54, 1.807) is 0 Å². The highest BCUT2D eigenvalue weighted by Crippen LogP contribution is 2.38. The molecule has 4 nitrogen and oxygen atoms in total. The lowest BCUT2D eigenvalue weighted by atomic mass is 9.92. The van der Waals surface area contributed by atoms with Crippen molar-refractivity contribution in [3.63, 3.8) is 0 Å². The summed E-state index contributed by atoms with van der Waals surface area (Å²) in [5.41, 5.74) is 0. The first kappa shape index (κ1) is 16.2. The molecule has 0 aromatic heterocycles. The molecule has 0 spiro atoms. The molecule has 0 radical (unpaired) electrons. The van der Waals surface area contributed by atoms with E-state index in [2.05, 4.69) is 27.7 Å². The molecule has 2 rings (SSSR count). The van der Waals surface area contributed by atoms with Crippen molar-refractivity contribution in [1.29, 1.82) is 0 Å². The van der Waals surface area contributed by atoms with Gasteiger partial charge in [0, 0.05) is 12.8 Å². The van der Waals surface area contributed by atoms with E-state index in [4.69, 9.17) is 19.2 Å². The summed E-state index contributed by atoms with van der Waals surface area (Å²) in [5, 5.41) is 0. The number of rotatable bonds is 3. The van der Waals surface area contributed by atoms with Gasteiger partial charge in [0.1, 0.15) is 0 Å². The van der Waals surface area contributed by atoms with E-state index >= 15 is 0 Å². The molecular weight excluding hydrogens is 256 g/mol. The maximum atomic E-state index is 5.93. The zero-order valence-electron chi connectivity index (χ0n) is 13.8. The van der Waals surface area contributed by atoms with Crippen LogP contribution in [0.4, 0.5) is 0 Å². The van der Waals surface area contributed by atoms with Crippen molar-refractivity contribution >= 4 is 0 Å². The fourth-order valence-corrected chi connectivity index (χ4v) is 3.89. The third kappa shape index (κ3) is 4.17. The smallest absolute Gasteiger partial charge is 0.199 e. The molecule has 0 bridgehead atoms. The van der Waals surface area contributed by atoms with Crippen molar-refractivity contribution < 1.29 is 19.2 Å². The molecule has 0 aromatic rings. The van der Waals surface area contributed by atoms with Gasteiger partial charge in [-0.2, -0.15) is 9.78 Å². The van der Waals surface area contributed by atoms with Crippen molar-refractivity contribution in [2.45, 2.75) is 91.0 Å². The van der Waals surface area contributed by atoms with Crippen LogP contribution in [-0.2, 0) is 19.2 Å². The van der Waals surface area contributed by atoms with Crippen LogP contribution < -0.4 is 0 Å². The summed E-state index contributed by atoms with van der Waals surface area (Å²) in [6.45, 7) is 12.5. The van der Waals surface area contributed by atoms with Gasteiger partial charge in [0.15, 0.2) is 11.6 Å². The molecule has 0 aromatic carbocycles. The lowest BCUT2D eigenvalue weighted by molar-refractivity contribution is -0.516. The van der Waals surface area contributed by atoms with Gasteiger partial charge < -0.3 is 9.47 Å².